The number of methoxy groups -OCH3 is 1. The fourth-order valence-electron chi connectivity index (χ4n) is 5.34. The molecule has 0 aromatic carbocycles. The van der Waals surface area contributed by atoms with Gasteiger partial charge in [0.1, 0.15) is 0 Å². The summed E-state index contributed by atoms with van der Waals surface area (Å²) in [6.07, 6.45) is 33.2. The number of ether oxygens (including phenoxy) is 1. The molecular weight excluding hydrogens is 504 g/mol. The van der Waals surface area contributed by atoms with E-state index in [1.807, 2.05) is 12.2 Å². The number of carboxylic acid groups (broad SMARTS) is 2. The van der Waals surface area contributed by atoms with Gasteiger partial charge in [0.25, 0.3) is 0 Å². The van der Waals surface area contributed by atoms with Crippen LogP contribution >= 0.6 is 0 Å². The summed E-state index contributed by atoms with van der Waals surface area (Å²) in [5.74, 6) is -1.58. The van der Waals surface area contributed by atoms with E-state index in [0.717, 1.165) is 76.2 Å². The fraction of sp³-hybridized carbons (Fsp3) is 0.735. The molecule has 0 bridgehead atoms. The molecule has 0 aliphatic heterocycles. The molecular formula is C34H56O6. The molecule has 0 aromatic rings. The summed E-state index contributed by atoms with van der Waals surface area (Å²) in [6, 6.07) is 0. The molecule has 3 aliphatic rings. The summed E-state index contributed by atoms with van der Waals surface area (Å²) < 4.78 is 4.75. The minimum Gasteiger partial charge on any atom is -0.478 e. The Morgan fingerprint density at radius 1 is 0.475 bits per heavy atom. The molecule has 40 heavy (non-hydrogen) atoms. The van der Waals surface area contributed by atoms with Crippen LogP contribution in [-0.2, 0) is 19.1 Å². The fourth-order valence-corrected chi connectivity index (χ4v) is 5.34. The van der Waals surface area contributed by atoms with Gasteiger partial charge in [0, 0.05) is 16.7 Å². The van der Waals surface area contributed by atoms with Crippen LogP contribution in [0.1, 0.15) is 154 Å². The summed E-state index contributed by atoms with van der Waals surface area (Å²) in [4.78, 5) is 32.8. The van der Waals surface area contributed by atoms with E-state index < -0.39 is 11.9 Å². The van der Waals surface area contributed by atoms with Gasteiger partial charge in [-0.2, -0.15) is 0 Å². The van der Waals surface area contributed by atoms with Crippen LogP contribution in [0.5, 0.6) is 0 Å². The van der Waals surface area contributed by atoms with Gasteiger partial charge in [0.2, 0.25) is 0 Å². The van der Waals surface area contributed by atoms with Crippen molar-refractivity contribution in [2.75, 3.05) is 7.11 Å². The number of carbonyl (C=O) groups is 3. The first-order valence-electron chi connectivity index (χ1n) is 16.1. The zero-order chi connectivity index (χ0) is 29.3. The van der Waals surface area contributed by atoms with E-state index in [2.05, 4.69) is 6.08 Å². The predicted molar refractivity (Wildman–Crippen MR) is 162 cm³/mol. The molecule has 0 aromatic heterocycles. The van der Waals surface area contributed by atoms with E-state index in [1.165, 1.54) is 90.6 Å². The van der Waals surface area contributed by atoms with Crippen molar-refractivity contribution in [3.63, 3.8) is 0 Å². The lowest BCUT2D eigenvalue weighted by atomic mass is 10.0. The lowest BCUT2D eigenvalue weighted by Gasteiger charge is -2.08. The topological polar surface area (TPSA) is 101 Å². The maximum absolute atomic E-state index is 11.3. The second kappa shape index (κ2) is 24.4. The molecule has 2 N–H and O–H groups in total. The summed E-state index contributed by atoms with van der Waals surface area (Å²) >= 11 is 0. The van der Waals surface area contributed by atoms with Crippen molar-refractivity contribution in [3.05, 3.63) is 34.9 Å². The Kier molecular flexibility index (Phi) is 21.8. The molecule has 0 heterocycles. The van der Waals surface area contributed by atoms with Crippen LogP contribution in [0.15, 0.2) is 34.9 Å². The van der Waals surface area contributed by atoms with Crippen LogP contribution in [0, 0.1) is 0 Å². The van der Waals surface area contributed by atoms with E-state index in [4.69, 9.17) is 14.9 Å². The maximum Gasteiger partial charge on any atom is 0.333 e. The Bertz CT molecular complexity index is 763. The minimum absolute atomic E-state index is 0.134. The van der Waals surface area contributed by atoms with Gasteiger partial charge in [-0.15, -0.1) is 0 Å². The number of esters is 1. The van der Waals surface area contributed by atoms with Crippen molar-refractivity contribution >= 4 is 17.9 Å². The van der Waals surface area contributed by atoms with E-state index >= 15 is 0 Å². The molecule has 0 unspecified atom stereocenters. The first-order valence-corrected chi connectivity index (χ1v) is 16.1. The highest BCUT2D eigenvalue weighted by molar-refractivity contribution is 5.88. The van der Waals surface area contributed by atoms with Crippen LogP contribution in [0.25, 0.3) is 0 Å². The van der Waals surface area contributed by atoms with Gasteiger partial charge in [0.05, 0.1) is 7.11 Å². The van der Waals surface area contributed by atoms with Crippen LogP contribution in [-0.4, -0.2) is 35.2 Å². The largest absolute Gasteiger partial charge is 0.478 e. The molecule has 6 nitrogen and oxygen atoms in total. The van der Waals surface area contributed by atoms with Crippen molar-refractivity contribution < 1.29 is 29.3 Å². The Morgan fingerprint density at radius 2 is 0.750 bits per heavy atom. The standard InChI is InChI=1S/C12H20O2.2C11H18O2/c1-14-12(13)11-9-7-5-3-2-4-6-8-10-11;2*12-11(13)10-8-6-4-2-1-3-5-7-9-10/h9H,2-8,10H2,1H3;2*8H,1-7,9H2,(H,12,13). The van der Waals surface area contributed by atoms with Gasteiger partial charge in [-0.05, 0) is 77.0 Å². The number of hydrogen-bond donors (Lipinski definition) is 2. The molecule has 0 radical (unpaired) electrons. The molecule has 228 valence electrons. The molecule has 0 fully saturated rings. The van der Waals surface area contributed by atoms with E-state index in [0.29, 0.717) is 11.1 Å². The molecule has 0 spiro atoms. The van der Waals surface area contributed by atoms with Crippen molar-refractivity contribution in [1.82, 2.24) is 0 Å². The smallest absolute Gasteiger partial charge is 0.333 e. The minimum atomic E-state index is -0.722. The molecule has 0 atom stereocenters. The van der Waals surface area contributed by atoms with Crippen molar-refractivity contribution in [2.45, 2.75) is 154 Å². The summed E-state index contributed by atoms with van der Waals surface area (Å²) in [7, 11) is 1.46. The third-order valence-electron chi connectivity index (χ3n) is 7.87. The van der Waals surface area contributed by atoms with Crippen LogP contribution in [0.2, 0.25) is 0 Å². The highest BCUT2D eigenvalue weighted by atomic mass is 16.5. The van der Waals surface area contributed by atoms with E-state index in [9.17, 15) is 14.4 Å². The van der Waals surface area contributed by atoms with Crippen molar-refractivity contribution in [1.29, 1.82) is 0 Å². The van der Waals surface area contributed by atoms with Gasteiger partial charge < -0.3 is 14.9 Å². The van der Waals surface area contributed by atoms with Gasteiger partial charge in [-0.1, -0.05) is 95.3 Å². The summed E-state index contributed by atoms with van der Waals surface area (Å²) in [5.41, 5.74) is 2.14. The van der Waals surface area contributed by atoms with Gasteiger partial charge in [-0.25, -0.2) is 14.4 Å². The lowest BCUT2D eigenvalue weighted by Crippen LogP contribution is -2.05. The quantitative estimate of drug-likeness (QED) is 0.333. The third-order valence-corrected chi connectivity index (χ3v) is 7.87. The monoisotopic (exact) mass is 560 g/mol. The zero-order valence-corrected chi connectivity index (χ0v) is 25.2. The highest BCUT2D eigenvalue weighted by Gasteiger charge is 2.10. The molecule has 3 aliphatic carbocycles. The van der Waals surface area contributed by atoms with Crippen LogP contribution in [0.3, 0.4) is 0 Å². The van der Waals surface area contributed by atoms with Crippen molar-refractivity contribution in [2.24, 2.45) is 0 Å². The molecule has 0 saturated carbocycles. The predicted octanol–water partition coefficient (Wildman–Crippen LogP) is 9.48. The number of hydrogen-bond acceptors (Lipinski definition) is 4. The van der Waals surface area contributed by atoms with Crippen LogP contribution in [0.4, 0.5) is 0 Å². The number of carbonyl (C=O) groups excluding carboxylic acids is 1. The van der Waals surface area contributed by atoms with Crippen molar-refractivity contribution in [3.8, 4) is 0 Å². The summed E-state index contributed by atoms with van der Waals surface area (Å²) in [5, 5.41) is 17.7. The number of allylic oxidation sites excluding steroid dienone is 3. The Hall–Kier alpha value is -2.37. The van der Waals surface area contributed by atoms with Crippen LogP contribution < -0.4 is 0 Å². The Balaban J connectivity index is 0.000000300. The summed E-state index contributed by atoms with van der Waals surface area (Å²) in [6.45, 7) is 0. The van der Waals surface area contributed by atoms with Gasteiger partial charge in [-0.3, -0.25) is 0 Å². The molecule has 3 rings (SSSR count). The SMILES string of the molecule is COC(=O)C1=CCCCCCCCC1.O=C(O)C1=CCCCCCCCC1.O=C(O)C1=CCCCCCCCC1. The first kappa shape index (κ1) is 35.7. The number of rotatable bonds is 3. The number of carboxylic acids is 2. The average molecular weight is 561 g/mol. The zero-order valence-electron chi connectivity index (χ0n) is 25.2. The van der Waals surface area contributed by atoms with Gasteiger partial charge >= 0.3 is 17.9 Å². The van der Waals surface area contributed by atoms with E-state index in [-0.39, 0.29) is 5.97 Å². The van der Waals surface area contributed by atoms with E-state index in [1.54, 1.807) is 0 Å². The third kappa shape index (κ3) is 18.8. The first-order chi connectivity index (χ1) is 19.5. The Morgan fingerprint density at radius 3 is 1.07 bits per heavy atom. The second-order valence-electron chi connectivity index (χ2n) is 11.3. The lowest BCUT2D eigenvalue weighted by molar-refractivity contribution is -0.136. The molecule has 6 heteroatoms. The molecule has 0 amide bonds. The highest BCUT2D eigenvalue weighted by Crippen LogP contribution is 2.19. The maximum atomic E-state index is 11.3. The number of aliphatic carboxylic acids is 2. The normalized spacial score (nSPS) is 20.2. The van der Waals surface area contributed by atoms with Gasteiger partial charge in [0.15, 0.2) is 0 Å². The molecule has 0 saturated heterocycles. The average Bonchev–Trinajstić information content (AvgIpc) is 2.97. The second-order valence-corrected chi connectivity index (χ2v) is 11.3. The Labute approximate surface area is 243 Å².